The number of unbranched alkanes of at least 4 members (excludes halogenated alkanes) is 17. The number of aromatic nitrogens is 5. The lowest BCUT2D eigenvalue weighted by atomic mass is 9.89. The topological polar surface area (TPSA) is 623 Å². The minimum Gasteiger partial charge on any atom is -0.508 e. The van der Waals surface area contributed by atoms with Crippen molar-refractivity contribution < 1.29 is 87.2 Å². The number of rotatable bonds is 66. The number of carboxylic acids is 2. The van der Waals surface area contributed by atoms with Gasteiger partial charge in [-0.25, -0.2) is 19.6 Å². The van der Waals surface area contributed by atoms with E-state index in [1.807, 2.05) is 24.0 Å². The first kappa shape index (κ1) is 114. The van der Waals surface area contributed by atoms with E-state index >= 15 is 9.59 Å². The number of aromatic amines is 2. The fraction of sp³-hybridized carbons (Fsp3) is 0.590. The summed E-state index contributed by atoms with van der Waals surface area (Å²) in [5.41, 5.74) is 11.7. The Bertz CT molecular complexity index is 5170. The number of benzene rings is 3. The van der Waals surface area contributed by atoms with Crippen LogP contribution in [-0.4, -0.2) is 240 Å². The molecule has 0 aliphatic carbocycles. The van der Waals surface area contributed by atoms with Gasteiger partial charge in [0.1, 0.15) is 66.2 Å². The number of nitrogens with one attached hydrogen (secondary N) is 15. The number of carboxylic acid groups (broad SMARTS) is 2. The van der Waals surface area contributed by atoms with Gasteiger partial charge in [-0.1, -0.05) is 181 Å². The summed E-state index contributed by atoms with van der Waals surface area (Å²) >= 11 is 0. The maximum atomic E-state index is 15.1. The molecule has 1 aliphatic rings. The van der Waals surface area contributed by atoms with E-state index in [0.717, 1.165) is 35.8 Å². The second kappa shape index (κ2) is 59.8. The van der Waals surface area contributed by atoms with Gasteiger partial charge < -0.3 is 110 Å². The molecular formula is C100H150N22O19. The van der Waals surface area contributed by atoms with E-state index < -0.39 is 161 Å². The highest BCUT2D eigenvalue weighted by Crippen LogP contribution is 2.27. The largest absolute Gasteiger partial charge is 0.508 e. The first-order valence-electron chi connectivity index (χ1n) is 49.7. The highest BCUT2D eigenvalue weighted by Gasteiger charge is 2.42. The minimum atomic E-state index is -1.88. The van der Waals surface area contributed by atoms with Gasteiger partial charge in [0.25, 0.3) is 5.56 Å². The van der Waals surface area contributed by atoms with E-state index in [-0.39, 0.29) is 124 Å². The molecule has 3 aromatic heterocycles. The summed E-state index contributed by atoms with van der Waals surface area (Å²) in [7, 11) is 1.41. The molecule has 3 aromatic carbocycles. The summed E-state index contributed by atoms with van der Waals surface area (Å²) < 4.78 is 1.06. The van der Waals surface area contributed by atoms with Crippen molar-refractivity contribution in [2.45, 2.75) is 314 Å². The lowest BCUT2D eigenvalue weighted by Crippen LogP contribution is -2.65. The number of imidazole rings is 1. The van der Waals surface area contributed by atoms with Gasteiger partial charge in [-0.3, -0.25) is 77.1 Å². The van der Waals surface area contributed by atoms with Gasteiger partial charge in [-0.05, 0) is 118 Å². The molecular weight excluding hydrogens is 1810 g/mol. The number of piperazine rings is 1. The number of anilines is 1. The molecule has 0 spiro atoms. The molecule has 0 radical (unpaired) electrons. The van der Waals surface area contributed by atoms with Crippen molar-refractivity contribution in [2.75, 3.05) is 51.2 Å². The number of phenolic OH excluding ortho intramolecular Hbond substituents is 1. The third-order valence-corrected chi connectivity index (χ3v) is 25.2. The third kappa shape index (κ3) is 39.9. The third-order valence-electron chi connectivity index (χ3n) is 25.2. The van der Waals surface area contributed by atoms with Gasteiger partial charge in [0.05, 0.1) is 35.7 Å². The fourth-order valence-corrected chi connectivity index (χ4v) is 17.1. The molecule has 1 aliphatic heterocycles. The molecule has 22 N–H and O–H groups in total. The van der Waals surface area contributed by atoms with Crippen molar-refractivity contribution in [3.05, 3.63) is 119 Å². The molecule has 1 saturated heterocycles. The van der Waals surface area contributed by atoms with Crippen LogP contribution in [0.25, 0.3) is 21.8 Å². The van der Waals surface area contributed by atoms with Crippen LogP contribution in [0.4, 0.5) is 5.69 Å². The van der Waals surface area contributed by atoms with E-state index in [9.17, 15) is 82.4 Å². The molecule has 41 heteroatoms. The van der Waals surface area contributed by atoms with Crippen LogP contribution in [-0.2, 0) is 97.7 Å². The van der Waals surface area contributed by atoms with E-state index in [0.29, 0.717) is 79.6 Å². The molecule has 10 atom stereocenters. The number of phenols is 1. The average molecular weight is 1960 g/mol. The maximum Gasteiger partial charge on any atom is 0.326 e. The van der Waals surface area contributed by atoms with E-state index in [2.05, 4.69) is 90.7 Å². The van der Waals surface area contributed by atoms with Crippen LogP contribution < -0.4 is 85.7 Å². The number of nitrogens with two attached hydrogens (primary N) is 2. The van der Waals surface area contributed by atoms with Crippen LogP contribution in [0.3, 0.4) is 0 Å². The number of aromatic hydroxyl groups is 1. The molecule has 13 amide bonds. The van der Waals surface area contributed by atoms with Crippen LogP contribution in [0, 0.1) is 23.2 Å². The highest BCUT2D eigenvalue weighted by molar-refractivity contribution is 6.01. The Morgan fingerprint density at radius 3 is 1.66 bits per heavy atom. The van der Waals surface area contributed by atoms with Crippen molar-refractivity contribution in [2.24, 2.45) is 29.2 Å². The number of guanidine groups is 1. The summed E-state index contributed by atoms with van der Waals surface area (Å²) in [4.78, 5) is 239. The van der Waals surface area contributed by atoms with E-state index in [1.54, 1.807) is 69.1 Å². The van der Waals surface area contributed by atoms with Crippen molar-refractivity contribution in [1.82, 2.24) is 93.2 Å². The highest BCUT2D eigenvalue weighted by atomic mass is 16.4. The summed E-state index contributed by atoms with van der Waals surface area (Å²) in [6, 6.07) is 6.23. The number of hydrogen-bond acceptors (Lipinski definition) is 21. The summed E-state index contributed by atoms with van der Waals surface area (Å²) in [5, 5.41) is 70.3. The smallest absolute Gasteiger partial charge is 0.326 e. The molecule has 141 heavy (non-hydrogen) atoms. The Hall–Kier alpha value is -13.5. The summed E-state index contributed by atoms with van der Waals surface area (Å²) in [6.07, 6.45) is 24.9. The second-order valence-electron chi connectivity index (χ2n) is 37.8. The predicted molar refractivity (Wildman–Crippen MR) is 533 cm³/mol. The minimum absolute atomic E-state index is 0.0534. The van der Waals surface area contributed by atoms with Gasteiger partial charge in [0, 0.05) is 120 Å². The molecule has 7 rings (SSSR count). The van der Waals surface area contributed by atoms with Crippen molar-refractivity contribution in [3.63, 3.8) is 0 Å². The van der Waals surface area contributed by atoms with E-state index in [1.165, 1.54) is 134 Å². The molecule has 4 heterocycles. The lowest BCUT2D eigenvalue weighted by molar-refractivity contribution is -0.143. The van der Waals surface area contributed by atoms with E-state index in [4.69, 9.17) is 16.9 Å². The quantitative estimate of drug-likeness (QED) is 0.0123. The molecule has 0 saturated carbocycles. The Morgan fingerprint density at radius 2 is 1.09 bits per heavy atom. The second-order valence-corrected chi connectivity index (χ2v) is 37.8. The zero-order valence-corrected chi connectivity index (χ0v) is 82.9. The zero-order chi connectivity index (χ0) is 103. The van der Waals surface area contributed by atoms with Gasteiger partial charge in [-0.15, -0.1) is 0 Å². The number of primary amides is 1. The van der Waals surface area contributed by atoms with Crippen LogP contribution >= 0.6 is 0 Å². The number of aliphatic carboxylic acids is 2. The predicted octanol–water partition coefficient (Wildman–Crippen LogP) is 5.72. The van der Waals surface area contributed by atoms with Crippen LogP contribution in [0.2, 0.25) is 0 Å². The van der Waals surface area contributed by atoms with Crippen LogP contribution in [0.15, 0.2) is 96.6 Å². The number of carbonyl (C=O) groups excluding carboxylic acids is 13. The molecule has 41 nitrogen and oxygen atoms in total. The molecule has 0 bridgehead atoms. The number of nitrogens with zero attached hydrogens (tertiary/aromatic N) is 5. The number of carbonyl (C=O) groups is 15. The average Bonchev–Trinajstić information content (AvgIpc) is 1.78. The Kier molecular flexibility index (Phi) is 48.5. The first-order chi connectivity index (χ1) is 67.3. The zero-order valence-electron chi connectivity index (χ0n) is 82.9. The fourth-order valence-electron chi connectivity index (χ4n) is 17.1. The first-order valence-corrected chi connectivity index (χ1v) is 49.7. The van der Waals surface area contributed by atoms with Gasteiger partial charge >= 0.3 is 11.9 Å². The Morgan fingerprint density at radius 1 is 0.532 bits per heavy atom. The van der Waals surface area contributed by atoms with Gasteiger partial charge in [-0.2, -0.15) is 0 Å². The number of likely N-dealkylation sites (N-methyl/N-ethyl adjacent to an activating group) is 1. The van der Waals surface area contributed by atoms with Crippen molar-refractivity contribution in [1.29, 1.82) is 5.41 Å². The molecule has 1 fully saturated rings. The molecule has 3 unspecified atom stereocenters. The Balaban J connectivity index is 0.909. The number of hydrogen-bond donors (Lipinski definition) is 20. The van der Waals surface area contributed by atoms with Gasteiger partial charge in [0.2, 0.25) is 76.8 Å². The summed E-state index contributed by atoms with van der Waals surface area (Å²) in [5.74, 6) is -14.1. The maximum absolute atomic E-state index is 15.1. The van der Waals surface area contributed by atoms with Crippen molar-refractivity contribution >= 4 is 122 Å². The number of fused-ring (bicyclic) bond motifs is 2. The monoisotopic (exact) mass is 1960 g/mol. The SMILES string of the molecule is CCCCCCCCCCCCCCCCCCCC(=O)N[C@@H](CCC(=O)N[C@@H](CCC(=O)NCCCC[C@H](C)C(=O)N1CCN(c2ccc3ncn(CC(=O)N[C@@H](CCCNC(=N)N)C(=O)NC(Cc4c[nH]cn4)C(=O)N[C@@H](Cc4ccc(O)cc4)C(=O)NC(CC(C)C)C(=O)N[C@@H](CC(N)=O)C(=O)NC(C)(Cc4c[nH]c5ccccc45)C(=O)N[C@H](C(=O)NC)C(C)C)c(=O)c3c2)CC1)C(=O)O)C(=O)O. The standard InChI is InChI=1S/C100H150N22O19/c1-9-10-11-12-13-14-15-16-17-18-19-20-21-22-23-24-25-35-84(126)112-77(97(139)140)43-45-85(127)113-76(96(137)138)42-44-83(125)106-46-29-28-31-65(6)94(135)121-50-48-120(49-51-121)69-38-41-74-72(55-69)95(136)122(62-110-74)60-86(128)111-75(34-30-47-107-99(102)103)88(129)116-80(54-68-59-105-61-109-68)91(132)115-79(53-66-36-39-70(123)40-37-66)90(131)114-78(52-63(2)3)89(130)117-81(56-82(101)124)92(133)119-100(7,98(141)118-87(64(4)5)93(134)104-8)57-67-58-108-73-33-27-26-32-71(67)73/h26-27,32-33,36-41,55,58-59,61-65,75-81,87,108,123H,9-25,28-31,34-35,42-54,56-57,60H2,1-8H3,(H2,101,124)(H,104,134)(H,105,109)(H,106,125)(H,111,128)(H,112,126)(H,113,127)(H,114,131)(H,115,132)(H,116,129)(H,117,130)(H,118,141)(H,119,133)(H,137,138)(H,139,140)(H4,102,103,107)/t65-,75-,76-,77-,78?,79-,80?,81-,87-,100?/m0/s1. The Labute approximate surface area is 823 Å². The summed E-state index contributed by atoms with van der Waals surface area (Å²) in [6.45, 7) is 13.5. The van der Waals surface area contributed by atoms with Crippen LogP contribution in [0.5, 0.6) is 5.75 Å². The number of para-hydroxylation sites is 1. The lowest BCUT2D eigenvalue weighted by Gasteiger charge is -2.37. The molecule has 6 aromatic rings. The van der Waals surface area contributed by atoms with Crippen molar-refractivity contribution in [3.8, 4) is 5.75 Å². The van der Waals surface area contributed by atoms with Gasteiger partial charge in [0.15, 0.2) is 5.96 Å². The number of H-pyrrole nitrogens is 2. The molecule has 774 valence electrons. The van der Waals surface area contributed by atoms with Crippen LogP contribution in [0.1, 0.15) is 251 Å². The number of amides is 13. The normalized spacial score (nSPS) is 14.4.